The molecule has 6 nitrogen and oxygen atoms in total. The number of fused-ring (bicyclic) bond motifs is 1. The van der Waals surface area contributed by atoms with Gasteiger partial charge in [0, 0.05) is 6.54 Å². The Hall–Kier alpha value is -1.69. The minimum absolute atomic E-state index is 0.731. The zero-order chi connectivity index (χ0) is 12.4. The second-order valence-corrected chi connectivity index (χ2v) is 4.98. The van der Waals surface area contributed by atoms with Crippen LogP contribution in [-0.4, -0.2) is 51.7 Å². The first-order chi connectivity index (χ1) is 8.83. The van der Waals surface area contributed by atoms with Crippen LogP contribution in [0.4, 0.5) is 5.82 Å². The predicted octanol–water partition coefficient (Wildman–Crippen LogP) is 1.11. The van der Waals surface area contributed by atoms with Crippen molar-refractivity contribution in [3.8, 4) is 0 Å². The molecule has 1 aliphatic rings. The molecule has 18 heavy (non-hydrogen) atoms. The van der Waals surface area contributed by atoms with Gasteiger partial charge in [-0.15, -0.1) is 0 Å². The lowest BCUT2D eigenvalue weighted by molar-refractivity contribution is 0.226. The van der Waals surface area contributed by atoms with Crippen molar-refractivity contribution in [2.45, 2.75) is 12.8 Å². The number of nitrogens with zero attached hydrogens (tertiary/aromatic N) is 4. The average Bonchev–Trinajstić information content (AvgIpc) is 2.87. The topological polar surface area (TPSA) is 69.7 Å². The highest BCUT2D eigenvalue weighted by molar-refractivity contribution is 5.84. The van der Waals surface area contributed by atoms with Crippen molar-refractivity contribution in [1.29, 1.82) is 0 Å². The zero-order valence-corrected chi connectivity index (χ0v) is 10.6. The Morgan fingerprint density at radius 2 is 2.22 bits per heavy atom. The highest BCUT2D eigenvalue weighted by Gasteiger charge is 2.16. The molecule has 0 aliphatic carbocycles. The molecule has 0 atom stereocenters. The normalized spacial score (nSPS) is 18.3. The minimum atomic E-state index is 0.731. The summed E-state index contributed by atoms with van der Waals surface area (Å²) in [5.41, 5.74) is 1.75. The molecular weight excluding hydrogens is 228 g/mol. The van der Waals surface area contributed by atoms with Crippen LogP contribution in [0.3, 0.4) is 0 Å². The van der Waals surface area contributed by atoms with Crippen LogP contribution in [0.25, 0.3) is 11.0 Å². The van der Waals surface area contributed by atoms with Crippen LogP contribution in [0.15, 0.2) is 12.5 Å². The summed E-state index contributed by atoms with van der Waals surface area (Å²) in [6, 6.07) is 0. The third kappa shape index (κ3) is 2.28. The van der Waals surface area contributed by atoms with E-state index in [1.54, 1.807) is 12.5 Å². The molecule has 0 amide bonds. The van der Waals surface area contributed by atoms with E-state index in [4.69, 9.17) is 0 Å². The van der Waals surface area contributed by atoms with Gasteiger partial charge in [-0.3, -0.25) is 5.10 Å². The highest BCUT2D eigenvalue weighted by Crippen LogP contribution is 2.19. The first-order valence-electron chi connectivity index (χ1n) is 6.39. The van der Waals surface area contributed by atoms with Gasteiger partial charge in [-0.1, -0.05) is 0 Å². The van der Waals surface area contributed by atoms with E-state index in [2.05, 4.69) is 37.4 Å². The lowest BCUT2D eigenvalue weighted by atomic mass is 9.97. The molecule has 2 aromatic heterocycles. The number of aromatic amines is 1. The molecule has 3 heterocycles. The van der Waals surface area contributed by atoms with Gasteiger partial charge < -0.3 is 10.2 Å². The first-order valence-corrected chi connectivity index (χ1v) is 6.39. The summed E-state index contributed by atoms with van der Waals surface area (Å²) in [6.07, 6.45) is 5.80. The number of rotatable bonds is 3. The van der Waals surface area contributed by atoms with E-state index in [0.717, 1.165) is 29.3 Å². The van der Waals surface area contributed by atoms with Crippen molar-refractivity contribution in [1.82, 2.24) is 25.1 Å². The molecule has 0 radical (unpaired) electrons. The first kappa shape index (κ1) is 11.4. The minimum Gasteiger partial charge on any atom is -0.368 e. The molecule has 0 spiro atoms. The number of H-pyrrole nitrogens is 1. The summed E-state index contributed by atoms with van der Waals surface area (Å²) >= 11 is 0. The van der Waals surface area contributed by atoms with Gasteiger partial charge in [0.25, 0.3) is 0 Å². The third-order valence-corrected chi connectivity index (χ3v) is 3.64. The fourth-order valence-corrected chi connectivity index (χ4v) is 2.41. The largest absolute Gasteiger partial charge is 0.368 e. The third-order valence-electron chi connectivity index (χ3n) is 3.64. The average molecular weight is 246 g/mol. The van der Waals surface area contributed by atoms with E-state index in [1.807, 2.05) is 0 Å². The molecule has 0 saturated carbocycles. The van der Waals surface area contributed by atoms with E-state index < -0.39 is 0 Å². The van der Waals surface area contributed by atoms with Crippen LogP contribution in [-0.2, 0) is 0 Å². The van der Waals surface area contributed by atoms with Crippen molar-refractivity contribution in [3.63, 3.8) is 0 Å². The molecule has 0 aromatic carbocycles. The predicted molar refractivity (Wildman–Crippen MR) is 70.4 cm³/mol. The molecule has 2 N–H and O–H groups in total. The standard InChI is InChI=1S/C12H18N6/c1-18-4-2-9(3-5-18)6-13-12-11-10(7-16-17-11)14-8-15-12/h7-9H,2-6H2,1H3,(H,16,17)(H,13,14,15). The fraction of sp³-hybridized carbons (Fsp3) is 0.583. The number of anilines is 1. The summed E-state index contributed by atoms with van der Waals surface area (Å²) < 4.78 is 0. The maximum absolute atomic E-state index is 4.27. The van der Waals surface area contributed by atoms with Crippen LogP contribution in [0.2, 0.25) is 0 Å². The van der Waals surface area contributed by atoms with Crippen molar-refractivity contribution in [2.24, 2.45) is 5.92 Å². The summed E-state index contributed by atoms with van der Waals surface area (Å²) in [6.45, 7) is 3.35. The van der Waals surface area contributed by atoms with Gasteiger partial charge in [0.05, 0.1) is 6.20 Å². The van der Waals surface area contributed by atoms with E-state index >= 15 is 0 Å². The summed E-state index contributed by atoms with van der Waals surface area (Å²) in [5.74, 6) is 1.59. The van der Waals surface area contributed by atoms with Crippen LogP contribution < -0.4 is 5.32 Å². The molecule has 1 saturated heterocycles. The Bertz CT molecular complexity index is 514. The Morgan fingerprint density at radius 3 is 3.06 bits per heavy atom. The molecule has 0 bridgehead atoms. The van der Waals surface area contributed by atoms with Gasteiger partial charge >= 0.3 is 0 Å². The van der Waals surface area contributed by atoms with Crippen molar-refractivity contribution >= 4 is 16.9 Å². The number of hydrogen-bond acceptors (Lipinski definition) is 5. The summed E-state index contributed by atoms with van der Waals surface area (Å²) in [7, 11) is 2.18. The Kier molecular flexibility index (Phi) is 3.10. The van der Waals surface area contributed by atoms with Gasteiger partial charge in [0.1, 0.15) is 17.4 Å². The number of hydrogen-bond donors (Lipinski definition) is 2. The molecule has 3 rings (SSSR count). The van der Waals surface area contributed by atoms with Crippen molar-refractivity contribution in [2.75, 3.05) is 32.0 Å². The zero-order valence-electron chi connectivity index (χ0n) is 10.6. The number of piperidine rings is 1. The summed E-state index contributed by atoms with van der Waals surface area (Å²) in [5, 5.41) is 10.3. The monoisotopic (exact) mass is 246 g/mol. The molecule has 0 unspecified atom stereocenters. The van der Waals surface area contributed by atoms with Gasteiger partial charge in [0.15, 0.2) is 5.82 Å². The maximum atomic E-state index is 4.27. The molecular formula is C12H18N6. The summed E-state index contributed by atoms with van der Waals surface area (Å²) in [4.78, 5) is 10.8. The molecule has 1 fully saturated rings. The molecule has 96 valence electrons. The second-order valence-electron chi connectivity index (χ2n) is 4.98. The van der Waals surface area contributed by atoms with E-state index in [9.17, 15) is 0 Å². The fourth-order valence-electron chi connectivity index (χ4n) is 2.41. The van der Waals surface area contributed by atoms with Crippen LogP contribution in [0, 0.1) is 5.92 Å². The van der Waals surface area contributed by atoms with E-state index in [-0.39, 0.29) is 0 Å². The van der Waals surface area contributed by atoms with E-state index in [0.29, 0.717) is 0 Å². The van der Waals surface area contributed by atoms with Gasteiger partial charge in [0.2, 0.25) is 0 Å². The number of nitrogens with one attached hydrogen (secondary N) is 2. The van der Waals surface area contributed by atoms with Crippen LogP contribution >= 0.6 is 0 Å². The van der Waals surface area contributed by atoms with Crippen LogP contribution in [0.5, 0.6) is 0 Å². The van der Waals surface area contributed by atoms with Gasteiger partial charge in [-0.2, -0.15) is 5.10 Å². The van der Waals surface area contributed by atoms with Crippen molar-refractivity contribution < 1.29 is 0 Å². The number of likely N-dealkylation sites (tertiary alicyclic amines) is 1. The molecule has 2 aromatic rings. The quantitative estimate of drug-likeness (QED) is 0.849. The highest BCUT2D eigenvalue weighted by atomic mass is 15.2. The van der Waals surface area contributed by atoms with Gasteiger partial charge in [-0.05, 0) is 38.9 Å². The van der Waals surface area contributed by atoms with Gasteiger partial charge in [-0.25, -0.2) is 9.97 Å². The Morgan fingerprint density at radius 1 is 1.39 bits per heavy atom. The lowest BCUT2D eigenvalue weighted by Gasteiger charge is -2.29. The molecule has 1 aliphatic heterocycles. The Labute approximate surface area is 106 Å². The lowest BCUT2D eigenvalue weighted by Crippen LogP contribution is -2.33. The second kappa shape index (κ2) is 4.89. The SMILES string of the molecule is CN1CCC(CNc2ncnc3cn[nH]c23)CC1. The smallest absolute Gasteiger partial charge is 0.155 e. The molecule has 6 heteroatoms. The van der Waals surface area contributed by atoms with Crippen LogP contribution in [0.1, 0.15) is 12.8 Å². The maximum Gasteiger partial charge on any atom is 0.155 e. The number of aromatic nitrogens is 4. The van der Waals surface area contributed by atoms with E-state index in [1.165, 1.54) is 25.9 Å². The Balaban J connectivity index is 1.64. The van der Waals surface area contributed by atoms with Crippen molar-refractivity contribution in [3.05, 3.63) is 12.5 Å².